The van der Waals surface area contributed by atoms with Crippen LogP contribution in [0.1, 0.15) is 44.5 Å². The molecule has 0 N–H and O–H groups in total. The Kier molecular flexibility index (Phi) is 6.75. The molecule has 1 aromatic carbocycles. The van der Waals surface area contributed by atoms with Crippen LogP contribution < -0.4 is 0 Å². The summed E-state index contributed by atoms with van der Waals surface area (Å²) in [5.74, 6) is -2.01. The predicted molar refractivity (Wildman–Crippen MR) is 145 cm³/mol. The van der Waals surface area contributed by atoms with Crippen LogP contribution in [0, 0.1) is 103 Å². The van der Waals surface area contributed by atoms with Crippen LogP contribution in [-0.4, -0.2) is 9.97 Å². The van der Waals surface area contributed by atoms with Gasteiger partial charge in [0.1, 0.15) is 59.7 Å². The highest BCUT2D eigenvalue weighted by molar-refractivity contribution is 6.30. The summed E-state index contributed by atoms with van der Waals surface area (Å²) in [7, 11) is 0. The van der Waals surface area contributed by atoms with Gasteiger partial charge >= 0.3 is 0 Å². The van der Waals surface area contributed by atoms with E-state index in [1.165, 1.54) is 12.1 Å². The topological polar surface area (TPSA) is 216 Å². The van der Waals surface area contributed by atoms with Gasteiger partial charge in [0.05, 0.1) is 22.3 Å². The zero-order chi connectivity index (χ0) is 31.7. The van der Waals surface area contributed by atoms with Crippen molar-refractivity contribution >= 4 is 33.4 Å². The van der Waals surface area contributed by atoms with E-state index in [-0.39, 0.29) is 77.9 Å². The lowest BCUT2D eigenvalue weighted by Crippen LogP contribution is -1.97. The number of fused-ring (bicyclic) bond motifs is 2. The molecular weight excluding hydrogens is 562 g/mol. The molecule has 0 unspecified atom stereocenters. The first-order chi connectivity index (χ1) is 21.3. The number of rotatable bonds is 2. The highest BCUT2D eigenvalue weighted by atomic mass is 19.1. The molecule has 0 radical (unpaired) electrons. The minimum absolute atomic E-state index is 0.0769. The Hall–Kier alpha value is -7.74. The maximum absolute atomic E-state index is 14.4. The van der Waals surface area contributed by atoms with Crippen LogP contribution in [0.2, 0.25) is 0 Å². The molecule has 44 heavy (non-hydrogen) atoms. The average Bonchev–Trinajstić information content (AvgIpc) is 3.53. The minimum atomic E-state index is -1.01. The number of benzene rings is 1. The van der Waals surface area contributed by atoms with Crippen LogP contribution in [-0.2, 0) is 0 Å². The fourth-order valence-corrected chi connectivity index (χ4v) is 5.23. The molecule has 0 saturated heterocycles. The van der Waals surface area contributed by atoms with Gasteiger partial charge in [-0.05, 0) is 23.3 Å². The Morgan fingerprint density at radius 2 is 0.841 bits per heavy atom. The zero-order valence-corrected chi connectivity index (χ0v) is 21.7. The fraction of sp³-hybridized carbons (Fsp3) is 0. The van der Waals surface area contributed by atoms with E-state index in [0.29, 0.717) is 0 Å². The largest absolute Gasteiger partial charge is 0.227 e. The van der Waals surface area contributed by atoms with Gasteiger partial charge in [0, 0.05) is 69.1 Å². The van der Waals surface area contributed by atoms with E-state index in [0.717, 1.165) is 24.5 Å². The molecule has 2 aliphatic carbocycles. The number of pyridine rings is 2. The molecule has 198 valence electrons. The number of halogens is 2. The van der Waals surface area contributed by atoms with Crippen LogP contribution in [0.3, 0.4) is 0 Å². The molecule has 0 fully saturated rings. The van der Waals surface area contributed by atoms with Gasteiger partial charge in [0.25, 0.3) is 0 Å². The standard InChI is InChI=1S/C32H6F2N10/c33-27-3-19(17(9-39)13-43-27)31-25(11-41)21-1-23-22(2-24(21)30(31)16(7-37)8-38)26(12-42)32(29(23)15(5-35)6-36)20-4-28(34)44-14-18(20)10-40/h1-4,13-14H. The lowest BCUT2D eigenvalue weighted by atomic mass is 9.89. The Balaban J connectivity index is 1.99. The highest BCUT2D eigenvalue weighted by Crippen LogP contribution is 2.54. The third kappa shape index (κ3) is 3.93. The van der Waals surface area contributed by atoms with Crippen molar-refractivity contribution in [3.05, 3.63) is 104 Å². The summed E-state index contributed by atoms with van der Waals surface area (Å²) >= 11 is 0. The van der Waals surface area contributed by atoms with Crippen molar-refractivity contribution in [2.75, 3.05) is 0 Å². The summed E-state index contributed by atoms with van der Waals surface area (Å²) in [5.41, 5.74) is -2.10. The second-order valence-electron chi connectivity index (χ2n) is 8.94. The number of nitriles is 8. The second-order valence-corrected chi connectivity index (χ2v) is 8.94. The first kappa shape index (κ1) is 27.8. The van der Waals surface area contributed by atoms with E-state index in [1.54, 1.807) is 24.3 Å². The van der Waals surface area contributed by atoms with Gasteiger partial charge in [-0.3, -0.25) is 0 Å². The maximum Gasteiger partial charge on any atom is 0.213 e. The van der Waals surface area contributed by atoms with E-state index in [4.69, 9.17) is 0 Å². The molecule has 12 heteroatoms. The van der Waals surface area contributed by atoms with Crippen LogP contribution in [0.4, 0.5) is 8.78 Å². The molecule has 2 heterocycles. The maximum atomic E-state index is 14.4. The summed E-state index contributed by atoms with van der Waals surface area (Å²) in [6.07, 6.45) is 1.87. The van der Waals surface area contributed by atoms with Crippen LogP contribution in [0.25, 0.3) is 33.4 Å². The van der Waals surface area contributed by atoms with Crippen LogP contribution in [0.15, 0.2) is 47.8 Å². The van der Waals surface area contributed by atoms with Gasteiger partial charge in [-0.25, -0.2) is 9.97 Å². The molecule has 2 aliphatic rings. The predicted octanol–water partition coefficient (Wildman–Crippen LogP) is 5.00. The summed E-state index contributed by atoms with van der Waals surface area (Å²) in [6.45, 7) is 0. The summed E-state index contributed by atoms with van der Waals surface area (Å²) < 4.78 is 28.7. The molecule has 2 aromatic heterocycles. The molecule has 0 aliphatic heterocycles. The van der Waals surface area contributed by atoms with E-state index in [2.05, 4.69) is 9.97 Å². The van der Waals surface area contributed by atoms with E-state index >= 15 is 0 Å². The van der Waals surface area contributed by atoms with Crippen molar-refractivity contribution < 1.29 is 8.78 Å². The van der Waals surface area contributed by atoms with Gasteiger partial charge in [-0.15, -0.1) is 0 Å². The van der Waals surface area contributed by atoms with Crippen molar-refractivity contribution in [2.45, 2.75) is 0 Å². The van der Waals surface area contributed by atoms with Crippen molar-refractivity contribution in [3.8, 4) is 48.6 Å². The molecule has 0 bridgehead atoms. The SMILES string of the molecule is N#CC(C#N)=C1C(c2cc(F)ncc2C#N)=C(C#N)c2cc3c(cc21)C(C#N)=C(c1cc(F)ncc1C#N)C3=C(C#N)C#N. The molecule has 10 nitrogen and oxygen atoms in total. The number of aromatic nitrogens is 2. The lowest BCUT2D eigenvalue weighted by molar-refractivity contribution is 0.582. The fourth-order valence-electron chi connectivity index (χ4n) is 5.23. The normalized spacial score (nSPS) is 12.3. The lowest BCUT2D eigenvalue weighted by Gasteiger charge is -2.11. The molecule has 0 amide bonds. The van der Waals surface area contributed by atoms with Gasteiger partial charge in [0.15, 0.2) is 0 Å². The number of nitrogens with zero attached hydrogens (tertiary/aromatic N) is 10. The highest BCUT2D eigenvalue weighted by Gasteiger charge is 2.38. The third-order valence-corrected chi connectivity index (χ3v) is 6.93. The first-order valence-corrected chi connectivity index (χ1v) is 12.0. The Morgan fingerprint density at radius 1 is 0.477 bits per heavy atom. The van der Waals surface area contributed by atoms with Gasteiger partial charge in [-0.1, -0.05) is 0 Å². The second kappa shape index (κ2) is 10.7. The van der Waals surface area contributed by atoms with Gasteiger partial charge < -0.3 is 0 Å². The Morgan fingerprint density at radius 3 is 1.14 bits per heavy atom. The Bertz CT molecular complexity index is 2190. The minimum Gasteiger partial charge on any atom is -0.227 e. The molecule has 3 aromatic rings. The van der Waals surface area contributed by atoms with Crippen molar-refractivity contribution in [2.24, 2.45) is 0 Å². The van der Waals surface area contributed by atoms with Crippen LogP contribution in [0.5, 0.6) is 0 Å². The quantitative estimate of drug-likeness (QED) is 0.298. The van der Waals surface area contributed by atoms with E-state index in [9.17, 15) is 50.9 Å². The van der Waals surface area contributed by atoms with Crippen molar-refractivity contribution in [3.63, 3.8) is 0 Å². The summed E-state index contributed by atoms with van der Waals surface area (Å²) in [5, 5.41) is 79.5. The Labute approximate surface area is 247 Å². The number of hydrogen-bond donors (Lipinski definition) is 0. The van der Waals surface area contributed by atoms with Gasteiger partial charge in [0.2, 0.25) is 11.9 Å². The van der Waals surface area contributed by atoms with E-state index < -0.39 is 23.0 Å². The molecular formula is C32H6F2N10. The smallest absolute Gasteiger partial charge is 0.213 e. The molecule has 0 spiro atoms. The molecule has 0 atom stereocenters. The van der Waals surface area contributed by atoms with Crippen molar-refractivity contribution in [1.29, 1.82) is 42.1 Å². The van der Waals surface area contributed by atoms with Crippen molar-refractivity contribution in [1.82, 2.24) is 9.97 Å². The third-order valence-electron chi connectivity index (χ3n) is 6.93. The average molecular weight is 568 g/mol. The zero-order valence-electron chi connectivity index (χ0n) is 21.7. The van der Waals surface area contributed by atoms with Crippen LogP contribution >= 0.6 is 0 Å². The van der Waals surface area contributed by atoms with Gasteiger partial charge in [-0.2, -0.15) is 50.9 Å². The number of hydrogen-bond acceptors (Lipinski definition) is 10. The summed E-state index contributed by atoms with van der Waals surface area (Å²) in [6, 6.07) is 19.1. The summed E-state index contributed by atoms with van der Waals surface area (Å²) in [4.78, 5) is 6.93. The molecule has 5 rings (SSSR count). The van der Waals surface area contributed by atoms with E-state index in [1.807, 2.05) is 24.3 Å². The number of allylic oxidation sites excluding steroid dienone is 8. The first-order valence-electron chi connectivity index (χ1n) is 12.0. The molecule has 0 saturated carbocycles. The monoisotopic (exact) mass is 568 g/mol.